The Labute approximate surface area is 120 Å². The highest BCUT2D eigenvalue weighted by atomic mass is 16.5. The van der Waals surface area contributed by atoms with E-state index in [0.717, 1.165) is 5.69 Å². The Morgan fingerprint density at radius 3 is 3.14 bits per heavy atom. The first-order chi connectivity index (χ1) is 10.2. The van der Waals surface area contributed by atoms with Crippen LogP contribution in [0.15, 0.2) is 30.7 Å². The molecule has 0 spiro atoms. The van der Waals surface area contributed by atoms with Gasteiger partial charge in [0, 0.05) is 30.4 Å². The highest BCUT2D eigenvalue weighted by molar-refractivity contribution is 5.99. The zero-order valence-corrected chi connectivity index (χ0v) is 11.2. The summed E-state index contributed by atoms with van der Waals surface area (Å²) in [7, 11) is 0. The van der Waals surface area contributed by atoms with Crippen LogP contribution in [0.25, 0.3) is 0 Å². The van der Waals surface area contributed by atoms with E-state index in [4.69, 9.17) is 4.74 Å². The van der Waals surface area contributed by atoms with Gasteiger partial charge in [0.2, 0.25) is 0 Å². The molecule has 0 bridgehead atoms. The molecule has 2 aromatic rings. The van der Waals surface area contributed by atoms with Crippen molar-refractivity contribution in [2.24, 2.45) is 0 Å². The minimum Gasteiger partial charge on any atom is -0.482 e. The molecule has 1 aromatic heterocycles. The normalized spacial score (nSPS) is 13.0. The number of H-pyrrole nitrogens is 1. The molecule has 0 fully saturated rings. The lowest BCUT2D eigenvalue weighted by Crippen LogP contribution is -2.28. The number of rotatable bonds is 4. The van der Waals surface area contributed by atoms with Crippen LogP contribution in [0.2, 0.25) is 0 Å². The number of ether oxygens (including phenoxy) is 1. The summed E-state index contributed by atoms with van der Waals surface area (Å²) in [5.41, 5.74) is 1.96. The predicted octanol–water partition coefficient (Wildman–Crippen LogP) is 0.713. The third-order valence-corrected chi connectivity index (χ3v) is 3.11. The van der Waals surface area contributed by atoms with Crippen molar-refractivity contribution >= 4 is 17.5 Å². The fraction of sp³-hybridized carbons (Fsp3) is 0.214. The number of hydrogen-bond donors (Lipinski definition) is 3. The van der Waals surface area contributed by atoms with E-state index < -0.39 is 0 Å². The molecule has 7 heteroatoms. The van der Waals surface area contributed by atoms with Gasteiger partial charge in [-0.05, 0) is 18.2 Å². The average Bonchev–Trinajstić information content (AvgIpc) is 2.99. The van der Waals surface area contributed by atoms with E-state index in [1.165, 1.54) is 0 Å². The Kier molecular flexibility index (Phi) is 3.55. The number of carbonyl (C=O) groups excluding carboxylic acids is 2. The van der Waals surface area contributed by atoms with Crippen molar-refractivity contribution in [1.82, 2.24) is 15.3 Å². The lowest BCUT2D eigenvalue weighted by molar-refractivity contribution is -0.118. The Balaban J connectivity index is 1.62. The number of nitrogens with one attached hydrogen (secondary N) is 3. The largest absolute Gasteiger partial charge is 0.482 e. The SMILES string of the molecule is O=C1COc2ccc(C(=O)NCCc3cnc[nH]3)cc2N1. The number of nitrogens with zero attached hydrogens (tertiary/aromatic N) is 1. The summed E-state index contributed by atoms with van der Waals surface area (Å²) in [5, 5.41) is 5.49. The van der Waals surface area contributed by atoms with Crippen molar-refractivity contribution in [2.45, 2.75) is 6.42 Å². The van der Waals surface area contributed by atoms with Gasteiger partial charge in [0.1, 0.15) is 5.75 Å². The summed E-state index contributed by atoms with van der Waals surface area (Å²) in [6.45, 7) is 0.504. The molecule has 0 atom stereocenters. The van der Waals surface area contributed by atoms with Crippen LogP contribution in [0, 0.1) is 0 Å². The molecule has 0 saturated carbocycles. The van der Waals surface area contributed by atoms with Crippen molar-refractivity contribution < 1.29 is 14.3 Å². The second-order valence-corrected chi connectivity index (χ2v) is 4.63. The van der Waals surface area contributed by atoms with Gasteiger partial charge in [0.25, 0.3) is 11.8 Å². The van der Waals surface area contributed by atoms with Crippen molar-refractivity contribution in [1.29, 1.82) is 0 Å². The van der Waals surface area contributed by atoms with Crippen LogP contribution >= 0.6 is 0 Å². The Morgan fingerprint density at radius 2 is 2.33 bits per heavy atom. The summed E-state index contributed by atoms with van der Waals surface area (Å²) in [4.78, 5) is 30.2. The van der Waals surface area contributed by atoms with Gasteiger partial charge in [-0.2, -0.15) is 0 Å². The smallest absolute Gasteiger partial charge is 0.262 e. The molecule has 21 heavy (non-hydrogen) atoms. The van der Waals surface area contributed by atoms with Crippen molar-refractivity contribution in [2.75, 3.05) is 18.5 Å². The minimum atomic E-state index is -0.223. The molecule has 0 aliphatic carbocycles. The number of aromatic amines is 1. The Morgan fingerprint density at radius 1 is 1.43 bits per heavy atom. The van der Waals surface area contributed by atoms with Crippen LogP contribution in [0.3, 0.4) is 0 Å². The molecule has 0 saturated heterocycles. The lowest BCUT2D eigenvalue weighted by Gasteiger charge is -2.18. The quantitative estimate of drug-likeness (QED) is 0.771. The second-order valence-electron chi connectivity index (χ2n) is 4.63. The van der Waals surface area contributed by atoms with Crippen molar-refractivity contribution in [3.05, 3.63) is 42.0 Å². The van der Waals surface area contributed by atoms with E-state index in [2.05, 4.69) is 20.6 Å². The standard InChI is InChI=1S/C14H14N4O3/c19-13-7-21-12-2-1-9(5-11(12)18-13)14(20)16-4-3-10-6-15-8-17-10/h1-2,5-6,8H,3-4,7H2,(H,15,17)(H,16,20)(H,18,19). The van der Waals surface area contributed by atoms with Crippen LogP contribution in [0.4, 0.5) is 5.69 Å². The lowest BCUT2D eigenvalue weighted by atomic mass is 10.1. The van der Waals surface area contributed by atoms with E-state index in [9.17, 15) is 9.59 Å². The predicted molar refractivity (Wildman–Crippen MR) is 75.2 cm³/mol. The number of amides is 2. The summed E-state index contributed by atoms with van der Waals surface area (Å²) in [5.74, 6) is 0.153. The van der Waals surface area contributed by atoms with Gasteiger partial charge in [-0.3, -0.25) is 9.59 Å². The monoisotopic (exact) mass is 286 g/mol. The maximum atomic E-state index is 12.1. The van der Waals surface area contributed by atoms with Crippen LogP contribution in [0.5, 0.6) is 5.75 Å². The van der Waals surface area contributed by atoms with E-state index in [0.29, 0.717) is 30.0 Å². The van der Waals surface area contributed by atoms with Crippen molar-refractivity contribution in [3.63, 3.8) is 0 Å². The fourth-order valence-corrected chi connectivity index (χ4v) is 2.06. The average molecular weight is 286 g/mol. The third-order valence-electron chi connectivity index (χ3n) is 3.11. The van der Waals surface area contributed by atoms with E-state index in [1.807, 2.05) is 0 Å². The van der Waals surface area contributed by atoms with Crippen LogP contribution in [-0.2, 0) is 11.2 Å². The molecule has 7 nitrogen and oxygen atoms in total. The number of fused-ring (bicyclic) bond motifs is 1. The number of hydrogen-bond acceptors (Lipinski definition) is 4. The molecule has 0 radical (unpaired) electrons. The summed E-state index contributed by atoms with van der Waals surface area (Å²) >= 11 is 0. The number of aromatic nitrogens is 2. The Bertz CT molecular complexity index is 667. The number of carbonyl (C=O) groups is 2. The Hall–Kier alpha value is -2.83. The van der Waals surface area contributed by atoms with Gasteiger partial charge >= 0.3 is 0 Å². The van der Waals surface area contributed by atoms with Gasteiger partial charge in [-0.15, -0.1) is 0 Å². The molecule has 1 aliphatic heterocycles. The van der Waals surface area contributed by atoms with Gasteiger partial charge in [0.15, 0.2) is 6.61 Å². The molecule has 1 aromatic carbocycles. The highest BCUT2D eigenvalue weighted by Crippen LogP contribution is 2.28. The first-order valence-corrected chi connectivity index (χ1v) is 6.54. The molecule has 3 rings (SSSR count). The van der Waals surface area contributed by atoms with Gasteiger partial charge in [0.05, 0.1) is 12.0 Å². The van der Waals surface area contributed by atoms with Gasteiger partial charge in [-0.1, -0.05) is 0 Å². The molecule has 2 heterocycles. The summed E-state index contributed by atoms with van der Waals surface area (Å²) < 4.78 is 5.25. The molecule has 108 valence electrons. The first-order valence-electron chi connectivity index (χ1n) is 6.54. The summed E-state index contributed by atoms with van der Waals surface area (Å²) in [6, 6.07) is 4.96. The molecule has 2 amide bonds. The molecule has 1 aliphatic rings. The zero-order chi connectivity index (χ0) is 14.7. The van der Waals surface area contributed by atoms with E-state index in [1.54, 1.807) is 30.7 Å². The van der Waals surface area contributed by atoms with Gasteiger partial charge < -0.3 is 20.4 Å². The number of anilines is 1. The molecular formula is C14H14N4O3. The van der Waals surface area contributed by atoms with Crippen LogP contribution in [-0.4, -0.2) is 34.9 Å². The maximum absolute atomic E-state index is 12.1. The van der Waals surface area contributed by atoms with Crippen LogP contribution in [0.1, 0.15) is 16.1 Å². The minimum absolute atomic E-state index is 0.00270. The fourth-order valence-electron chi connectivity index (χ4n) is 2.06. The molecule has 0 unspecified atom stereocenters. The number of imidazole rings is 1. The molecule has 3 N–H and O–H groups in total. The first kappa shape index (κ1) is 13.2. The second kappa shape index (κ2) is 5.66. The van der Waals surface area contributed by atoms with E-state index >= 15 is 0 Å². The highest BCUT2D eigenvalue weighted by Gasteiger charge is 2.17. The summed E-state index contributed by atoms with van der Waals surface area (Å²) in [6.07, 6.45) is 4.00. The zero-order valence-electron chi connectivity index (χ0n) is 11.2. The topological polar surface area (TPSA) is 96.1 Å². The third kappa shape index (κ3) is 3.02. The number of benzene rings is 1. The van der Waals surface area contributed by atoms with Crippen LogP contribution < -0.4 is 15.4 Å². The van der Waals surface area contributed by atoms with Gasteiger partial charge in [-0.25, -0.2) is 4.98 Å². The van der Waals surface area contributed by atoms with E-state index in [-0.39, 0.29) is 18.4 Å². The van der Waals surface area contributed by atoms with Crippen molar-refractivity contribution in [3.8, 4) is 5.75 Å². The molecular weight excluding hydrogens is 272 g/mol. The maximum Gasteiger partial charge on any atom is 0.262 e.